The van der Waals surface area contributed by atoms with E-state index in [-0.39, 0.29) is 5.78 Å². The summed E-state index contributed by atoms with van der Waals surface area (Å²) in [5, 5.41) is 0. The van der Waals surface area contributed by atoms with Crippen LogP contribution in [0.25, 0.3) is 0 Å². The molecule has 0 atom stereocenters. The molecule has 5 heteroatoms. The molecule has 1 aliphatic carbocycles. The number of anilines is 1. The van der Waals surface area contributed by atoms with Crippen molar-refractivity contribution in [2.45, 2.75) is 19.3 Å². The molecule has 1 aliphatic rings. The van der Waals surface area contributed by atoms with E-state index in [4.69, 9.17) is 4.74 Å². The molecule has 0 aromatic heterocycles. The average Bonchev–Trinajstić information content (AvgIpc) is 2.38. The first-order valence-corrected chi connectivity index (χ1v) is 5.76. The van der Waals surface area contributed by atoms with Crippen LogP contribution >= 0.6 is 0 Å². The summed E-state index contributed by atoms with van der Waals surface area (Å²) < 4.78 is 5.01. The van der Waals surface area contributed by atoms with E-state index in [1.54, 1.807) is 0 Å². The lowest BCUT2D eigenvalue weighted by molar-refractivity contribution is -0.115. The van der Waals surface area contributed by atoms with Crippen LogP contribution in [0.2, 0.25) is 0 Å². The van der Waals surface area contributed by atoms with Gasteiger partial charge in [-0.1, -0.05) is 18.2 Å². The number of hydrazine groups is 1. The van der Waals surface area contributed by atoms with Crippen LogP contribution in [0.3, 0.4) is 0 Å². The Kier molecular flexibility index (Phi) is 3.96. The molecule has 1 aromatic rings. The number of allylic oxidation sites excluding steroid dienone is 2. The topological polar surface area (TPSA) is 67.4 Å². The van der Waals surface area contributed by atoms with Crippen molar-refractivity contribution in [3.8, 4) is 0 Å². The van der Waals surface area contributed by atoms with Gasteiger partial charge in [-0.3, -0.25) is 10.2 Å². The third-order valence-corrected chi connectivity index (χ3v) is 2.47. The smallest absolute Gasteiger partial charge is 0.414 e. The van der Waals surface area contributed by atoms with Gasteiger partial charge in [0.05, 0.1) is 5.69 Å². The SMILES string of the molecule is O=C1C=C(OC(=O)NNc2ccccc2)CCC1. The minimum atomic E-state index is -0.625. The van der Waals surface area contributed by atoms with E-state index in [0.29, 0.717) is 18.6 Å². The summed E-state index contributed by atoms with van der Waals surface area (Å²) in [6.45, 7) is 0. The van der Waals surface area contributed by atoms with Crippen molar-refractivity contribution in [1.29, 1.82) is 0 Å². The van der Waals surface area contributed by atoms with Gasteiger partial charge in [0.25, 0.3) is 0 Å². The van der Waals surface area contributed by atoms with E-state index in [1.165, 1.54) is 6.08 Å². The molecule has 0 fully saturated rings. The maximum absolute atomic E-state index is 11.4. The van der Waals surface area contributed by atoms with Crippen LogP contribution in [0.15, 0.2) is 42.2 Å². The molecule has 2 N–H and O–H groups in total. The van der Waals surface area contributed by atoms with Gasteiger partial charge in [-0.05, 0) is 18.6 Å². The number of amides is 1. The van der Waals surface area contributed by atoms with Crippen molar-refractivity contribution in [3.05, 3.63) is 42.2 Å². The number of hydrogen-bond donors (Lipinski definition) is 2. The number of carbonyl (C=O) groups excluding carboxylic acids is 2. The lowest BCUT2D eigenvalue weighted by Gasteiger charge is -2.13. The molecule has 2 rings (SSSR count). The highest BCUT2D eigenvalue weighted by Gasteiger charge is 2.13. The third kappa shape index (κ3) is 3.62. The van der Waals surface area contributed by atoms with Crippen LogP contribution in [0.5, 0.6) is 0 Å². The Morgan fingerprint density at radius 1 is 1.17 bits per heavy atom. The zero-order chi connectivity index (χ0) is 12.8. The fourth-order valence-electron chi connectivity index (χ4n) is 1.63. The van der Waals surface area contributed by atoms with Crippen LogP contribution in [-0.2, 0) is 9.53 Å². The Morgan fingerprint density at radius 3 is 2.67 bits per heavy atom. The first-order valence-electron chi connectivity index (χ1n) is 5.76. The number of hydrogen-bond acceptors (Lipinski definition) is 4. The van der Waals surface area contributed by atoms with Crippen LogP contribution in [0.4, 0.5) is 10.5 Å². The molecule has 0 aliphatic heterocycles. The molecule has 5 nitrogen and oxygen atoms in total. The summed E-state index contributed by atoms with van der Waals surface area (Å²) in [5.41, 5.74) is 5.86. The average molecular weight is 246 g/mol. The Morgan fingerprint density at radius 2 is 1.94 bits per heavy atom. The summed E-state index contributed by atoms with van der Waals surface area (Å²) in [4.78, 5) is 22.6. The fourth-order valence-corrected chi connectivity index (χ4v) is 1.63. The van der Waals surface area contributed by atoms with Crippen molar-refractivity contribution in [3.63, 3.8) is 0 Å². The largest absolute Gasteiger partial charge is 0.431 e. The predicted molar refractivity (Wildman–Crippen MR) is 66.6 cm³/mol. The minimum Gasteiger partial charge on any atom is -0.414 e. The van der Waals surface area contributed by atoms with Gasteiger partial charge in [-0.2, -0.15) is 0 Å². The van der Waals surface area contributed by atoms with Gasteiger partial charge in [0, 0.05) is 18.9 Å². The molecular weight excluding hydrogens is 232 g/mol. The fraction of sp³-hybridized carbons (Fsp3) is 0.231. The van der Waals surface area contributed by atoms with Crippen LogP contribution in [-0.4, -0.2) is 11.9 Å². The van der Waals surface area contributed by atoms with Gasteiger partial charge in [0.1, 0.15) is 5.76 Å². The van der Waals surface area contributed by atoms with E-state index < -0.39 is 6.09 Å². The molecule has 18 heavy (non-hydrogen) atoms. The summed E-state index contributed by atoms with van der Waals surface area (Å²) >= 11 is 0. The van der Waals surface area contributed by atoms with Crippen molar-refractivity contribution in [1.82, 2.24) is 5.43 Å². The monoisotopic (exact) mass is 246 g/mol. The molecule has 0 bridgehead atoms. The van der Waals surface area contributed by atoms with Crippen molar-refractivity contribution in [2.75, 3.05) is 5.43 Å². The van der Waals surface area contributed by atoms with E-state index in [9.17, 15) is 9.59 Å². The summed E-state index contributed by atoms with van der Waals surface area (Å²) in [6.07, 6.45) is 2.62. The molecule has 0 heterocycles. The first-order chi connectivity index (χ1) is 8.74. The van der Waals surface area contributed by atoms with E-state index in [2.05, 4.69) is 10.9 Å². The zero-order valence-electron chi connectivity index (χ0n) is 9.81. The highest BCUT2D eigenvalue weighted by molar-refractivity contribution is 5.91. The molecule has 0 radical (unpaired) electrons. The van der Waals surface area contributed by atoms with Gasteiger partial charge in [0.15, 0.2) is 5.78 Å². The van der Waals surface area contributed by atoms with Gasteiger partial charge >= 0.3 is 6.09 Å². The predicted octanol–water partition coefficient (Wildman–Crippen LogP) is 2.38. The number of carbonyl (C=O) groups is 2. The number of ketones is 1. The Balaban J connectivity index is 1.80. The van der Waals surface area contributed by atoms with Gasteiger partial charge in [0.2, 0.25) is 0 Å². The molecule has 94 valence electrons. The normalized spacial score (nSPS) is 14.7. The van der Waals surface area contributed by atoms with Crippen LogP contribution < -0.4 is 10.9 Å². The Labute approximate surface area is 105 Å². The van der Waals surface area contributed by atoms with Gasteiger partial charge < -0.3 is 4.74 Å². The number of rotatable bonds is 3. The van der Waals surface area contributed by atoms with Gasteiger partial charge in [-0.25, -0.2) is 10.2 Å². The number of nitrogens with one attached hydrogen (secondary N) is 2. The lowest BCUT2D eigenvalue weighted by atomic mass is 10.1. The molecule has 0 unspecified atom stereocenters. The second-order valence-corrected chi connectivity index (χ2v) is 3.94. The third-order valence-electron chi connectivity index (χ3n) is 2.47. The maximum atomic E-state index is 11.4. The van der Waals surface area contributed by atoms with Crippen molar-refractivity contribution >= 4 is 17.6 Å². The molecule has 1 amide bonds. The standard InChI is InChI=1S/C13H14N2O3/c16-11-7-4-8-12(9-11)18-13(17)15-14-10-5-2-1-3-6-10/h1-3,5-6,9,14H,4,7-8H2,(H,15,17). The zero-order valence-corrected chi connectivity index (χ0v) is 9.81. The molecule has 0 saturated carbocycles. The quantitative estimate of drug-likeness (QED) is 0.803. The van der Waals surface area contributed by atoms with Crippen molar-refractivity contribution in [2.24, 2.45) is 0 Å². The summed E-state index contributed by atoms with van der Waals surface area (Å²) in [6, 6.07) is 9.19. The van der Waals surface area contributed by atoms with Crippen LogP contribution in [0.1, 0.15) is 19.3 Å². The highest BCUT2D eigenvalue weighted by Crippen LogP contribution is 2.16. The second kappa shape index (κ2) is 5.86. The first kappa shape index (κ1) is 12.2. The van der Waals surface area contributed by atoms with Gasteiger partial charge in [-0.15, -0.1) is 0 Å². The molecule has 0 spiro atoms. The Bertz CT molecular complexity index is 468. The minimum absolute atomic E-state index is 0.0000635. The number of ether oxygens (including phenoxy) is 1. The van der Waals surface area contributed by atoms with Crippen molar-refractivity contribution < 1.29 is 14.3 Å². The highest BCUT2D eigenvalue weighted by atomic mass is 16.6. The summed E-state index contributed by atoms with van der Waals surface area (Å²) in [5.74, 6) is 0.415. The molecule has 1 aromatic carbocycles. The summed E-state index contributed by atoms with van der Waals surface area (Å²) in [7, 11) is 0. The van der Waals surface area contributed by atoms with E-state index in [1.807, 2.05) is 30.3 Å². The van der Waals surface area contributed by atoms with E-state index in [0.717, 1.165) is 12.1 Å². The maximum Gasteiger partial charge on any atom is 0.431 e. The van der Waals surface area contributed by atoms with Crippen LogP contribution in [0, 0.1) is 0 Å². The lowest BCUT2D eigenvalue weighted by Crippen LogP contribution is -2.30. The number of para-hydroxylation sites is 1. The Hall–Kier alpha value is -2.30. The molecular formula is C13H14N2O3. The van der Waals surface area contributed by atoms with E-state index >= 15 is 0 Å². The molecule has 0 saturated heterocycles. The number of benzene rings is 1. The second-order valence-electron chi connectivity index (χ2n) is 3.94.